The lowest BCUT2D eigenvalue weighted by Gasteiger charge is -2.35. The number of carbonyl (C=O) groups is 1. The number of aromatic nitrogens is 2. The van der Waals surface area contributed by atoms with Crippen molar-refractivity contribution in [2.75, 3.05) is 0 Å². The summed E-state index contributed by atoms with van der Waals surface area (Å²) < 4.78 is 5.13. The highest BCUT2D eigenvalue weighted by Crippen LogP contribution is 2.58. The summed E-state index contributed by atoms with van der Waals surface area (Å²) in [7, 11) is 0. The van der Waals surface area contributed by atoms with Crippen LogP contribution in [0, 0.1) is 0 Å². The minimum Gasteiger partial charge on any atom is -0.309 e. The molecule has 320 valence electrons. The van der Waals surface area contributed by atoms with Crippen LogP contribution in [0.2, 0.25) is 0 Å². The normalized spacial score (nSPS) is 16.4. The lowest BCUT2D eigenvalue weighted by atomic mass is 9.67. The molecule has 3 aliphatic rings. The van der Waals surface area contributed by atoms with Crippen LogP contribution < -0.4 is 0 Å². The minimum absolute atomic E-state index is 0.125. The molecular weight excluding hydrogens is 813 g/mol. The second-order valence-electron chi connectivity index (χ2n) is 20.2. The Labute approximate surface area is 390 Å². The van der Waals surface area contributed by atoms with Crippen LogP contribution in [0.4, 0.5) is 0 Å². The molecule has 0 saturated carbocycles. The molecule has 3 aliphatic carbocycles. The Morgan fingerprint density at radius 1 is 0.463 bits per heavy atom. The Bertz CT molecular complexity index is 3950. The van der Waals surface area contributed by atoms with Gasteiger partial charge in [-0.1, -0.05) is 179 Å². The summed E-state index contributed by atoms with van der Waals surface area (Å²) in [5, 5.41) is 5.14. The first kappa shape index (κ1) is 38.5. The van der Waals surface area contributed by atoms with Crippen molar-refractivity contribution < 1.29 is 4.79 Å². The molecule has 0 saturated heterocycles. The molecule has 11 aromatic rings. The van der Waals surface area contributed by atoms with Crippen LogP contribution in [0.25, 0.3) is 77.2 Å². The van der Waals surface area contributed by atoms with E-state index in [9.17, 15) is 4.79 Å². The Balaban J connectivity index is 1.08. The average molecular weight is 861 g/mol. The molecule has 1 atom stereocenters. The van der Waals surface area contributed by atoms with Gasteiger partial charge in [-0.05, 0) is 105 Å². The molecular formula is C64H48N2O. The predicted molar refractivity (Wildman–Crippen MR) is 277 cm³/mol. The monoisotopic (exact) mass is 860 g/mol. The Morgan fingerprint density at radius 3 is 1.82 bits per heavy atom. The number of hydrogen-bond donors (Lipinski definition) is 0. The Kier molecular flexibility index (Phi) is 7.85. The zero-order chi connectivity index (χ0) is 44.9. The average Bonchev–Trinajstić information content (AvgIpc) is 3.92. The minimum atomic E-state index is -0.308. The van der Waals surface area contributed by atoms with Gasteiger partial charge < -0.3 is 9.13 Å². The summed E-state index contributed by atoms with van der Waals surface area (Å²) in [5.74, 6) is 0.265. The molecule has 0 aliphatic heterocycles. The summed E-state index contributed by atoms with van der Waals surface area (Å²) in [6.45, 7) is 9.42. The summed E-state index contributed by atoms with van der Waals surface area (Å²) in [5.41, 5.74) is 22.5. The maximum absolute atomic E-state index is 14.0. The lowest BCUT2D eigenvalue weighted by molar-refractivity contribution is 0.103. The fraction of sp³-hybridized carbons (Fsp3) is 0.141. The molecule has 2 aromatic heterocycles. The molecule has 0 fully saturated rings. The molecule has 0 spiro atoms. The fourth-order valence-electron chi connectivity index (χ4n) is 13.1. The highest BCUT2D eigenvalue weighted by atomic mass is 16.1. The van der Waals surface area contributed by atoms with Gasteiger partial charge >= 0.3 is 0 Å². The number of ketones is 1. The molecule has 3 nitrogen and oxygen atoms in total. The number of carbonyl (C=O) groups excluding carboxylic acids is 1. The predicted octanol–water partition coefficient (Wildman–Crippen LogP) is 15.8. The van der Waals surface area contributed by atoms with Gasteiger partial charge in [-0.15, -0.1) is 0 Å². The van der Waals surface area contributed by atoms with Crippen LogP contribution in [0.5, 0.6) is 0 Å². The van der Waals surface area contributed by atoms with E-state index in [1.165, 1.54) is 93.7 Å². The molecule has 3 heteroatoms. The van der Waals surface area contributed by atoms with E-state index < -0.39 is 0 Å². The van der Waals surface area contributed by atoms with E-state index >= 15 is 0 Å². The summed E-state index contributed by atoms with van der Waals surface area (Å²) in [6.07, 6.45) is 1.94. The van der Waals surface area contributed by atoms with Gasteiger partial charge in [0, 0.05) is 66.4 Å². The second kappa shape index (κ2) is 13.7. The number of nitrogens with zero attached hydrogens (tertiary/aromatic N) is 2. The summed E-state index contributed by atoms with van der Waals surface area (Å²) in [6, 6.07) is 69.5. The van der Waals surface area contributed by atoms with Crippen molar-refractivity contribution in [2.24, 2.45) is 0 Å². The van der Waals surface area contributed by atoms with Gasteiger partial charge in [-0.2, -0.15) is 0 Å². The zero-order valence-electron chi connectivity index (χ0n) is 38.2. The molecule has 0 amide bonds. The number of aryl methyl sites for hydroxylation is 1. The van der Waals surface area contributed by atoms with Crippen molar-refractivity contribution in [3.8, 4) is 33.6 Å². The zero-order valence-corrected chi connectivity index (χ0v) is 38.2. The Hall–Kier alpha value is -7.75. The number of fused-ring (bicyclic) bond motifs is 17. The number of hydrogen-bond acceptors (Lipinski definition) is 1. The fourth-order valence-corrected chi connectivity index (χ4v) is 13.1. The van der Waals surface area contributed by atoms with Gasteiger partial charge in [-0.3, -0.25) is 4.79 Å². The highest BCUT2D eigenvalue weighted by Gasteiger charge is 2.42. The van der Waals surface area contributed by atoms with Crippen LogP contribution in [0.3, 0.4) is 0 Å². The van der Waals surface area contributed by atoms with Crippen LogP contribution >= 0.6 is 0 Å². The quantitative estimate of drug-likeness (QED) is 0.174. The van der Waals surface area contributed by atoms with Crippen molar-refractivity contribution in [2.45, 2.75) is 57.3 Å². The van der Waals surface area contributed by atoms with Crippen LogP contribution in [0.1, 0.15) is 94.9 Å². The van der Waals surface area contributed by atoms with Gasteiger partial charge in [0.1, 0.15) is 0 Å². The summed E-state index contributed by atoms with van der Waals surface area (Å²) >= 11 is 0. The number of para-hydroxylation sites is 3. The maximum Gasteiger partial charge on any atom is 0.193 e. The molecule has 1 unspecified atom stereocenters. The highest BCUT2D eigenvalue weighted by molar-refractivity contribution is 6.31. The molecule has 0 N–H and O–H groups in total. The van der Waals surface area contributed by atoms with Crippen molar-refractivity contribution >= 4 is 49.4 Å². The molecule has 9 aromatic carbocycles. The summed E-state index contributed by atoms with van der Waals surface area (Å²) in [4.78, 5) is 14.0. The first-order chi connectivity index (χ1) is 32.7. The lowest BCUT2D eigenvalue weighted by Crippen LogP contribution is -2.30. The van der Waals surface area contributed by atoms with Crippen molar-refractivity contribution in [1.82, 2.24) is 9.13 Å². The van der Waals surface area contributed by atoms with Crippen LogP contribution in [-0.4, -0.2) is 14.9 Å². The van der Waals surface area contributed by atoms with Gasteiger partial charge in [0.25, 0.3) is 0 Å². The standard InChI is InChI=1S/C64H48N2O/c1-63(2)52-27-15-11-23-46(52)62(67)47-34-31-39(36-53(47)63)43-33-30-38-18-8-9-21-42(38)50-37-41(32-35-44(43)50)66-55-29-17-13-25-49(55)58-60(66)56-45-22-10-14-26-51(45)64(3,4)59(56)57-48-24-12-16-28-54(48)65(61(57)58)40-19-6-5-7-20-40/h5-29,31-32,34-37,43H,30,33H2,1-4H3. The van der Waals surface area contributed by atoms with E-state index in [1.807, 2.05) is 12.1 Å². The third-order valence-corrected chi connectivity index (χ3v) is 16.1. The van der Waals surface area contributed by atoms with Crippen LogP contribution in [-0.2, 0) is 17.3 Å². The van der Waals surface area contributed by atoms with Gasteiger partial charge in [-0.25, -0.2) is 0 Å². The van der Waals surface area contributed by atoms with Gasteiger partial charge in [0.2, 0.25) is 0 Å². The maximum atomic E-state index is 14.0. The van der Waals surface area contributed by atoms with E-state index in [0.717, 1.165) is 46.5 Å². The number of benzene rings is 9. The van der Waals surface area contributed by atoms with E-state index in [2.05, 4.69) is 213 Å². The second-order valence-corrected chi connectivity index (χ2v) is 20.2. The first-order valence-electron chi connectivity index (χ1n) is 23.9. The van der Waals surface area contributed by atoms with E-state index in [-0.39, 0.29) is 22.5 Å². The van der Waals surface area contributed by atoms with Crippen LogP contribution in [0.15, 0.2) is 188 Å². The van der Waals surface area contributed by atoms with Gasteiger partial charge in [0.05, 0.1) is 22.1 Å². The largest absolute Gasteiger partial charge is 0.309 e. The molecule has 14 rings (SSSR count). The topological polar surface area (TPSA) is 26.9 Å². The van der Waals surface area contributed by atoms with E-state index in [1.54, 1.807) is 0 Å². The Morgan fingerprint density at radius 2 is 1.06 bits per heavy atom. The molecule has 67 heavy (non-hydrogen) atoms. The van der Waals surface area contributed by atoms with E-state index in [4.69, 9.17) is 0 Å². The van der Waals surface area contributed by atoms with Crippen molar-refractivity contribution in [1.29, 1.82) is 0 Å². The molecule has 0 bridgehead atoms. The smallest absolute Gasteiger partial charge is 0.193 e. The van der Waals surface area contributed by atoms with Crippen molar-refractivity contribution in [3.63, 3.8) is 0 Å². The van der Waals surface area contributed by atoms with E-state index in [0.29, 0.717) is 0 Å². The first-order valence-corrected chi connectivity index (χ1v) is 23.9. The third-order valence-electron chi connectivity index (χ3n) is 16.1. The number of rotatable bonds is 3. The van der Waals surface area contributed by atoms with Gasteiger partial charge in [0.15, 0.2) is 5.78 Å². The third kappa shape index (κ3) is 5.09. The molecule has 0 radical (unpaired) electrons. The van der Waals surface area contributed by atoms with Crippen molar-refractivity contribution in [3.05, 3.63) is 238 Å². The molecule has 2 heterocycles. The SMILES string of the molecule is CC1(C)c2ccccc2C(=O)c2ccc(C3CCc4ccccc4-c4cc(-n5c6ccccc6c6c5c5c(c7c8ccccc8n(-c8ccccc8)c76)C(C)(C)c6ccccc6-5)ccc43)cc21.